The monoisotopic (exact) mass is 344 g/mol. The summed E-state index contributed by atoms with van der Waals surface area (Å²) in [6, 6.07) is 15.9. The first kappa shape index (κ1) is 18.3. The first-order valence-electron chi connectivity index (χ1n) is 8.11. The van der Waals surface area contributed by atoms with E-state index in [1.165, 1.54) is 5.56 Å². The van der Waals surface area contributed by atoms with Crippen LogP contribution in [0.3, 0.4) is 0 Å². The quantitative estimate of drug-likeness (QED) is 0.842. The van der Waals surface area contributed by atoms with Gasteiger partial charge < -0.3 is 10.2 Å². The smallest absolute Gasteiger partial charge is 0.221 e. The van der Waals surface area contributed by atoms with Crippen LogP contribution in [0.5, 0.6) is 0 Å². The van der Waals surface area contributed by atoms with Gasteiger partial charge in [-0.15, -0.1) is 0 Å². The van der Waals surface area contributed by atoms with Gasteiger partial charge in [-0.3, -0.25) is 4.79 Å². The molecule has 24 heavy (non-hydrogen) atoms. The molecule has 2 rings (SSSR count). The van der Waals surface area contributed by atoms with Crippen LogP contribution in [0.2, 0.25) is 5.02 Å². The van der Waals surface area contributed by atoms with Gasteiger partial charge in [-0.25, -0.2) is 0 Å². The van der Waals surface area contributed by atoms with Crippen molar-refractivity contribution in [2.24, 2.45) is 0 Å². The van der Waals surface area contributed by atoms with E-state index in [1.54, 1.807) is 0 Å². The molecular formula is C20H25ClN2O. The van der Waals surface area contributed by atoms with E-state index in [-0.39, 0.29) is 5.91 Å². The van der Waals surface area contributed by atoms with Crippen LogP contribution in [0, 0.1) is 0 Å². The molecule has 0 fully saturated rings. The Labute approximate surface area is 149 Å². The zero-order valence-electron chi connectivity index (χ0n) is 14.8. The molecule has 0 atom stereocenters. The van der Waals surface area contributed by atoms with Crippen molar-refractivity contribution >= 4 is 23.2 Å². The number of nitrogens with one attached hydrogen (secondary N) is 1. The minimum atomic E-state index is -0.420. The van der Waals surface area contributed by atoms with Crippen molar-refractivity contribution in [3.63, 3.8) is 0 Å². The van der Waals surface area contributed by atoms with Crippen LogP contribution in [-0.4, -0.2) is 20.0 Å². The maximum Gasteiger partial charge on any atom is 0.221 e. The first-order chi connectivity index (χ1) is 11.3. The molecule has 2 aromatic carbocycles. The standard InChI is InChI=1S/C20H25ClN2O/c1-20(2,16-8-10-17(21)11-9-16)22-19(24)14-7-15-5-12-18(13-6-15)23(3)4/h5-6,8-13H,7,14H2,1-4H3,(H,22,24). The van der Waals surface area contributed by atoms with E-state index < -0.39 is 5.54 Å². The fraction of sp³-hybridized carbons (Fsp3) is 0.350. The summed E-state index contributed by atoms with van der Waals surface area (Å²) in [4.78, 5) is 14.4. The van der Waals surface area contributed by atoms with Crippen molar-refractivity contribution < 1.29 is 4.79 Å². The fourth-order valence-corrected chi connectivity index (χ4v) is 2.69. The zero-order chi connectivity index (χ0) is 17.7. The zero-order valence-corrected chi connectivity index (χ0v) is 15.5. The first-order valence-corrected chi connectivity index (χ1v) is 8.49. The Bertz CT molecular complexity index is 676. The van der Waals surface area contributed by atoms with Gasteiger partial charge in [-0.2, -0.15) is 0 Å². The highest BCUT2D eigenvalue weighted by atomic mass is 35.5. The Balaban J connectivity index is 1.91. The van der Waals surface area contributed by atoms with Crippen molar-refractivity contribution in [2.45, 2.75) is 32.2 Å². The van der Waals surface area contributed by atoms with E-state index in [0.717, 1.165) is 17.7 Å². The predicted molar refractivity (Wildman–Crippen MR) is 102 cm³/mol. The molecule has 128 valence electrons. The van der Waals surface area contributed by atoms with Gasteiger partial charge in [0.05, 0.1) is 5.54 Å². The average molecular weight is 345 g/mol. The molecule has 0 aromatic heterocycles. The molecule has 0 aliphatic carbocycles. The second-order valence-corrected chi connectivity index (χ2v) is 7.18. The SMILES string of the molecule is CN(C)c1ccc(CCC(=O)NC(C)(C)c2ccc(Cl)cc2)cc1. The lowest BCUT2D eigenvalue weighted by Gasteiger charge is -2.27. The average Bonchev–Trinajstić information content (AvgIpc) is 2.53. The van der Waals surface area contributed by atoms with Crippen molar-refractivity contribution in [1.82, 2.24) is 5.32 Å². The van der Waals surface area contributed by atoms with Gasteiger partial charge in [-0.05, 0) is 55.7 Å². The number of hydrogen-bond donors (Lipinski definition) is 1. The van der Waals surface area contributed by atoms with E-state index in [4.69, 9.17) is 11.6 Å². The summed E-state index contributed by atoms with van der Waals surface area (Å²) >= 11 is 5.93. The number of aryl methyl sites for hydroxylation is 1. The van der Waals surface area contributed by atoms with E-state index in [1.807, 2.05) is 52.2 Å². The maximum atomic E-state index is 12.3. The molecule has 2 aromatic rings. The number of nitrogens with zero attached hydrogens (tertiary/aromatic N) is 1. The third-order valence-corrected chi connectivity index (χ3v) is 4.36. The third-order valence-electron chi connectivity index (χ3n) is 4.11. The normalized spacial score (nSPS) is 11.2. The van der Waals surface area contributed by atoms with Crippen molar-refractivity contribution in [3.8, 4) is 0 Å². The highest BCUT2D eigenvalue weighted by molar-refractivity contribution is 6.30. The minimum absolute atomic E-state index is 0.0478. The van der Waals surface area contributed by atoms with E-state index in [9.17, 15) is 4.79 Å². The second-order valence-electron chi connectivity index (χ2n) is 6.74. The molecule has 3 nitrogen and oxygen atoms in total. The molecule has 0 saturated heterocycles. The van der Waals surface area contributed by atoms with Gasteiger partial charge >= 0.3 is 0 Å². The number of carbonyl (C=O) groups is 1. The Morgan fingerprint density at radius 3 is 2.17 bits per heavy atom. The van der Waals surface area contributed by atoms with E-state index in [2.05, 4.69) is 34.5 Å². The molecule has 0 saturated carbocycles. The molecule has 0 bridgehead atoms. The van der Waals surface area contributed by atoms with Crippen LogP contribution >= 0.6 is 11.6 Å². The maximum absolute atomic E-state index is 12.3. The molecule has 1 N–H and O–H groups in total. The van der Waals surface area contributed by atoms with Gasteiger partial charge in [0, 0.05) is 31.2 Å². The molecular weight excluding hydrogens is 320 g/mol. The van der Waals surface area contributed by atoms with Crippen LogP contribution in [0.4, 0.5) is 5.69 Å². The summed E-state index contributed by atoms with van der Waals surface area (Å²) in [6.45, 7) is 4.00. The number of carbonyl (C=O) groups excluding carboxylic acids is 1. The third kappa shape index (κ3) is 5.00. The number of halogens is 1. The van der Waals surface area contributed by atoms with Gasteiger partial charge in [-0.1, -0.05) is 35.9 Å². The van der Waals surface area contributed by atoms with Crippen LogP contribution in [-0.2, 0) is 16.8 Å². The molecule has 0 unspecified atom stereocenters. The van der Waals surface area contributed by atoms with Crippen LogP contribution in [0.15, 0.2) is 48.5 Å². The van der Waals surface area contributed by atoms with Crippen LogP contribution < -0.4 is 10.2 Å². The van der Waals surface area contributed by atoms with Crippen molar-refractivity contribution in [1.29, 1.82) is 0 Å². The summed E-state index contributed by atoms with van der Waals surface area (Å²) in [7, 11) is 4.03. The second kappa shape index (κ2) is 7.71. The van der Waals surface area contributed by atoms with Gasteiger partial charge in [0.25, 0.3) is 0 Å². The lowest BCUT2D eigenvalue weighted by atomic mass is 9.94. The lowest BCUT2D eigenvalue weighted by molar-refractivity contribution is -0.122. The summed E-state index contributed by atoms with van der Waals surface area (Å²) < 4.78 is 0. The Morgan fingerprint density at radius 1 is 1.04 bits per heavy atom. The number of benzene rings is 2. The van der Waals surface area contributed by atoms with Gasteiger partial charge in [0.15, 0.2) is 0 Å². The number of rotatable bonds is 6. The van der Waals surface area contributed by atoms with Crippen molar-refractivity contribution in [3.05, 3.63) is 64.7 Å². The Hall–Kier alpha value is -2.00. The van der Waals surface area contributed by atoms with E-state index in [0.29, 0.717) is 11.4 Å². The van der Waals surface area contributed by atoms with Gasteiger partial charge in [0.1, 0.15) is 0 Å². The number of anilines is 1. The molecule has 1 amide bonds. The minimum Gasteiger partial charge on any atom is -0.378 e. The molecule has 0 aliphatic rings. The van der Waals surface area contributed by atoms with E-state index >= 15 is 0 Å². The molecule has 0 spiro atoms. The molecule has 4 heteroatoms. The Morgan fingerprint density at radius 2 is 1.62 bits per heavy atom. The highest BCUT2D eigenvalue weighted by Gasteiger charge is 2.22. The topological polar surface area (TPSA) is 32.3 Å². The molecule has 0 aliphatic heterocycles. The summed E-state index contributed by atoms with van der Waals surface area (Å²) in [6.07, 6.45) is 1.20. The Kier molecular flexibility index (Phi) is 5.89. The fourth-order valence-electron chi connectivity index (χ4n) is 2.57. The van der Waals surface area contributed by atoms with Crippen LogP contribution in [0.25, 0.3) is 0 Å². The molecule has 0 heterocycles. The predicted octanol–water partition coefficient (Wildman–Crippen LogP) is 4.39. The molecule has 0 radical (unpaired) electrons. The summed E-state index contributed by atoms with van der Waals surface area (Å²) in [5.74, 6) is 0.0478. The largest absolute Gasteiger partial charge is 0.378 e. The lowest BCUT2D eigenvalue weighted by Crippen LogP contribution is -2.41. The summed E-state index contributed by atoms with van der Waals surface area (Å²) in [5.41, 5.74) is 2.94. The highest BCUT2D eigenvalue weighted by Crippen LogP contribution is 2.22. The number of amides is 1. The summed E-state index contributed by atoms with van der Waals surface area (Å²) in [5, 5.41) is 3.80. The van der Waals surface area contributed by atoms with Crippen molar-refractivity contribution in [2.75, 3.05) is 19.0 Å². The van der Waals surface area contributed by atoms with Gasteiger partial charge in [0.2, 0.25) is 5.91 Å². The number of hydrogen-bond acceptors (Lipinski definition) is 2. The van der Waals surface area contributed by atoms with Crippen LogP contribution in [0.1, 0.15) is 31.4 Å².